The van der Waals surface area contributed by atoms with Crippen LogP contribution < -0.4 is 15.8 Å². The molecule has 3 N–H and O–H groups in total. The molecule has 2 aromatic carbocycles. The lowest BCUT2D eigenvalue weighted by atomic mass is 10.2. The Morgan fingerprint density at radius 1 is 1.09 bits per heavy atom. The summed E-state index contributed by atoms with van der Waals surface area (Å²) in [7, 11) is 0. The average molecular weight is 459 g/mol. The number of hydrogen-bond acceptors (Lipinski definition) is 6. The van der Waals surface area contributed by atoms with Crippen molar-refractivity contribution >= 4 is 33.7 Å². The van der Waals surface area contributed by atoms with Crippen molar-refractivity contribution in [1.82, 2.24) is 19.9 Å². The number of benzene rings is 2. The molecule has 172 valence electrons. The Bertz CT molecular complexity index is 1270. The van der Waals surface area contributed by atoms with Crippen LogP contribution in [0.3, 0.4) is 0 Å². The van der Waals surface area contributed by atoms with Crippen LogP contribution in [-0.2, 0) is 11.3 Å². The second-order valence-corrected chi connectivity index (χ2v) is 7.09. The molecule has 2 aromatic heterocycles. The highest BCUT2D eigenvalue weighted by Gasteiger charge is 2.31. The minimum atomic E-state index is -4.78. The second kappa shape index (κ2) is 9.33. The summed E-state index contributed by atoms with van der Waals surface area (Å²) in [6.07, 6.45) is -3.09. The van der Waals surface area contributed by atoms with Gasteiger partial charge in [-0.3, -0.25) is 4.79 Å². The SMILES string of the molecule is Nc1nc2ccccc2c2c1ncn2CCOCCNC(=O)c1ccc(OC(F)(F)F)cc1. The van der Waals surface area contributed by atoms with Gasteiger partial charge in [-0.2, -0.15) is 0 Å². The standard InChI is InChI=1S/C22H20F3N5O3/c23-22(24,25)33-15-7-5-14(6-8-15)21(31)27-9-11-32-12-10-30-13-28-18-19(30)16-3-1-2-4-17(16)29-20(18)26/h1-8,13H,9-12H2,(H2,26,29)(H,27,31). The number of amides is 1. The van der Waals surface area contributed by atoms with Gasteiger partial charge in [-0.15, -0.1) is 13.2 Å². The first kappa shape index (κ1) is 22.3. The lowest BCUT2D eigenvalue weighted by Crippen LogP contribution is -2.27. The first-order chi connectivity index (χ1) is 15.8. The number of nitrogens with two attached hydrogens (primary N) is 1. The van der Waals surface area contributed by atoms with E-state index in [-0.39, 0.29) is 24.5 Å². The summed E-state index contributed by atoms with van der Waals surface area (Å²) in [5, 5.41) is 3.59. The van der Waals surface area contributed by atoms with Gasteiger partial charge in [0.2, 0.25) is 0 Å². The number of imidazole rings is 1. The fourth-order valence-electron chi connectivity index (χ4n) is 3.39. The molecule has 0 bridgehead atoms. The highest BCUT2D eigenvalue weighted by Crippen LogP contribution is 2.27. The minimum absolute atomic E-state index is 0.215. The first-order valence-corrected chi connectivity index (χ1v) is 10.0. The Hall–Kier alpha value is -3.86. The number of fused-ring (bicyclic) bond motifs is 3. The number of ether oxygens (including phenoxy) is 2. The molecule has 33 heavy (non-hydrogen) atoms. The molecule has 2 heterocycles. The van der Waals surface area contributed by atoms with E-state index in [1.807, 2.05) is 28.8 Å². The fourth-order valence-corrected chi connectivity index (χ4v) is 3.39. The molecule has 0 radical (unpaired) electrons. The number of carbonyl (C=O) groups excluding carboxylic acids is 1. The van der Waals surface area contributed by atoms with Crippen molar-refractivity contribution < 1.29 is 27.4 Å². The summed E-state index contributed by atoms with van der Waals surface area (Å²) in [5.41, 5.74) is 8.54. The molecular formula is C22H20F3N5O3. The third-order valence-corrected chi connectivity index (χ3v) is 4.84. The molecule has 0 unspecified atom stereocenters. The summed E-state index contributed by atoms with van der Waals surface area (Å²) in [6, 6.07) is 12.3. The van der Waals surface area contributed by atoms with Crippen molar-refractivity contribution in [1.29, 1.82) is 0 Å². The molecular weight excluding hydrogens is 439 g/mol. The molecule has 1 amide bonds. The van der Waals surface area contributed by atoms with Gasteiger partial charge in [0.25, 0.3) is 5.91 Å². The number of nitrogens with zero attached hydrogens (tertiary/aromatic N) is 3. The van der Waals surface area contributed by atoms with Crippen LogP contribution in [-0.4, -0.2) is 46.6 Å². The summed E-state index contributed by atoms with van der Waals surface area (Å²) >= 11 is 0. The van der Waals surface area contributed by atoms with Crippen LogP contribution >= 0.6 is 0 Å². The molecule has 0 aliphatic rings. The molecule has 4 aromatic rings. The molecule has 0 spiro atoms. The molecule has 11 heteroatoms. The molecule has 0 fully saturated rings. The maximum absolute atomic E-state index is 12.2. The van der Waals surface area contributed by atoms with Gasteiger partial charge in [0.15, 0.2) is 5.82 Å². The zero-order chi connectivity index (χ0) is 23.4. The van der Waals surface area contributed by atoms with Crippen LogP contribution in [0.15, 0.2) is 54.9 Å². The van der Waals surface area contributed by atoms with Crippen LogP contribution in [0.4, 0.5) is 19.0 Å². The van der Waals surface area contributed by atoms with Crippen molar-refractivity contribution in [3.05, 3.63) is 60.4 Å². The zero-order valence-corrected chi connectivity index (χ0v) is 17.3. The van der Waals surface area contributed by atoms with E-state index in [4.69, 9.17) is 10.5 Å². The number of rotatable bonds is 8. The van der Waals surface area contributed by atoms with Gasteiger partial charge < -0.3 is 25.1 Å². The second-order valence-electron chi connectivity index (χ2n) is 7.09. The van der Waals surface area contributed by atoms with E-state index < -0.39 is 12.3 Å². The first-order valence-electron chi connectivity index (χ1n) is 10.0. The van der Waals surface area contributed by atoms with Crippen molar-refractivity contribution in [3.8, 4) is 5.75 Å². The molecule has 0 atom stereocenters. The van der Waals surface area contributed by atoms with Gasteiger partial charge >= 0.3 is 6.36 Å². The van der Waals surface area contributed by atoms with Gasteiger partial charge in [-0.1, -0.05) is 18.2 Å². The van der Waals surface area contributed by atoms with Gasteiger partial charge in [0.1, 0.15) is 11.3 Å². The van der Waals surface area contributed by atoms with Gasteiger partial charge in [-0.25, -0.2) is 9.97 Å². The molecule has 0 saturated heterocycles. The predicted octanol–water partition coefficient (Wildman–Crippen LogP) is 3.51. The highest BCUT2D eigenvalue weighted by molar-refractivity contribution is 6.06. The van der Waals surface area contributed by atoms with Gasteiger partial charge in [0.05, 0.1) is 30.6 Å². The van der Waals surface area contributed by atoms with Crippen LogP contribution in [0.25, 0.3) is 21.9 Å². The summed E-state index contributed by atoms with van der Waals surface area (Å²) < 4.78 is 47.9. The topological polar surface area (TPSA) is 104 Å². The molecule has 0 aliphatic carbocycles. The fraction of sp³-hybridized carbons (Fsp3) is 0.227. The lowest BCUT2D eigenvalue weighted by molar-refractivity contribution is -0.274. The van der Waals surface area contributed by atoms with Crippen LogP contribution in [0.1, 0.15) is 10.4 Å². The van der Waals surface area contributed by atoms with Crippen LogP contribution in [0, 0.1) is 0 Å². The Kier molecular flexibility index (Phi) is 6.31. The molecule has 4 rings (SSSR count). The largest absolute Gasteiger partial charge is 0.573 e. The number of hydrogen-bond donors (Lipinski definition) is 2. The van der Waals surface area contributed by atoms with E-state index in [1.54, 1.807) is 6.33 Å². The van der Waals surface area contributed by atoms with E-state index in [0.29, 0.717) is 24.5 Å². The number of halogens is 3. The number of nitrogen functional groups attached to an aromatic ring is 1. The summed E-state index contributed by atoms with van der Waals surface area (Å²) in [6.45, 7) is 1.40. The highest BCUT2D eigenvalue weighted by atomic mass is 19.4. The summed E-state index contributed by atoms with van der Waals surface area (Å²) in [4.78, 5) is 20.8. The van der Waals surface area contributed by atoms with Gasteiger partial charge in [-0.05, 0) is 30.3 Å². The van der Waals surface area contributed by atoms with Crippen molar-refractivity contribution in [2.75, 3.05) is 25.5 Å². The van der Waals surface area contributed by atoms with E-state index in [0.717, 1.165) is 28.6 Å². The maximum Gasteiger partial charge on any atom is 0.573 e. The van der Waals surface area contributed by atoms with E-state index in [2.05, 4.69) is 20.0 Å². The number of pyridine rings is 1. The number of nitrogens with one attached hydrogen (secondary N) is 1. The van der Waals surface area contributed by atoms with Gasteiger partial charge in [0, 0.05) is 24.0 Å². The third-order valence-electron chi connectivity index (χ3n) is 4.84. The van der Waals surface area contributed by atoms with Crippen molar-refractivity contribution in [3.63, 3.8) is 0 Å². The Balaban J connectivity index is 1.26. The van der Waals surface area contributed by atoms with E-state index >= 15 is 0 Å². The summed E-state index contributed by atoms with van der Waals surface area (Å²) in [5.74, 6) is -0.448. The predicted molar refractivity (Wildman–Crippen MR) is 116 cm³/mol. The minimum Gasteiger partial charge on any atom is -0.406 e. The van der Waals surface area contributed by atoms with E-state index in [9.17, 15) is 18.0 Å². The molecule has 8 nitrogen and oxygen atoms in total. The number of anilines is 1. The number of para-hydroxylation sites is 1. The number of aromatic nitrogens is 3. The molecule has 0 aliphatic heterocycles. The van der Waals surface area contributed by atoms with E-state index in [1.165, 1.54) is 12.1 Å². The lowest BCUT2D eigenvalue weighted by Gasteiger charge is -2.10. The normalized spacial score (nSPS) is 11.7. The Morgan fingerprint density at radius 2 is 1.85 bits per heavy atom. The van der Waals surface area contributed by atoms with Crippen molar-refractivity contribution in [2.45, 2.75) is 12.9 Å². The Morgan fingerprint density at radius 3 is 2.61 bits per heavy atom. The molecule has 0 saturated carbocycles. The van der Waals surface area contributed by atoms with Crippen LogP contribution in [0.2, 0.25) is 0 Å². The van der Waals surface area contributed by atoms with Crippen LogP contribution in [0.5, 0.6) is 5.75 Å². The monoisotopic (exact) mass is 459 g/mol. The Labute approximate surface area is 186 Å². The number of alkyl halides is 3. The van der Waals surface area contributed by atoms with Crippen molar-refractivity contribution in [2.24, 2.45) is 0 Å². The third kappa shape index (κ3) is 5.32. The quantitative estimate of drug-likeness (QED) is 0.391. The zero-order valence-electron chi connectivity index (χ0n) is 17.3. The smallest absolute Gasteiger partial charge is 0.406 e. The number of carbonyl (C=O) groups is 1. The average Bonchev–Trinajstić information content (AvgIpc) is 3.20. The maximum atomic E-state index is 12.2.